The average Bonchev–Trinajstić information content (AvgIpc) is 3.33. The van der Waals surface area contributed by atoms with Crippen LogP contribution < -0.4 is 19.5 Å². The van der Waals surface area contributed by atoms with Crippen LogP contribution in [0.4, 0.5) is 5.82 Å². The number of H-pyrrole nitrogens is 1. The van der Waals surface area contributed by atoms with Crippen molar-refractivity contribution in [1.29, 1.82) is 0 Å². The van der Waals surface area contributed by atoms with E-state index in [4.69, 9.17) is 14.2 Å². The number of fused-ring (bicyclic) bond motifs is 1. The maximum atomic E-state index is 12.4. The lowest BCUT2D eigenvalue weighted by Gasteiger charge is -2.23. The van der Waals surface area contributed by atoms with E-state index in [1.165, 1.54) is 0 Å². The zero-order valence-electron chi connectivity index (χ0n) is 16.8. The minimum Gasteiger partial charge on any atom is -0.493 e. The first-order valence-electron chi connectivity index (χ1n) is 9.20. The van der Waals surface area contributed by atoms with Crippen LogP contribution in [0, 0.1) is 6.92 Å². The van der Waals surface area contributed by atoms with E-state index in [0.717, 1.165) is 22.5 Å². The number of hydrogen-bond donors (Lipinski definition) is 2. The lowest BCUT2D eigenvalue weighted by atomic mass is 9.90. The van der Waals surface area contributed by atoms with Crippen molar-refractivity contribution in [2.75, 3.05) is 26.6 Å². The van der Waals surface area contributed by atoms with Crippen LogP contribution in [0.15, 0.2) is 24.7 Å². The molecule has 0 saturated carbocycles. The van der Waals surface area contributed by atoms with Gasteiger partial charge >= 0.3 is 0 Å². The molecule has 2 N–H and O–H groups in total. The van der Waals surface area contributed by atoms with Crippen molar-refractivity contribution in [3.63, 3.8) is 0 Å². The molecule has 0 aliphatic carbocycles. The van der Waals surface area contributed by atoms with Crippen LogP contribution >= 0.6 is 0 Å². The molecule has 3 aromatic rings. The van der Waals surface area contributed by atoms with E-state index in [0.29, 0.717) is 36.0 Å². The topological polar surface area (TPSA) is 103 Å². The molecule has 0 radical (unpaired) electrons. The highest BCUT2D eigenvalue weighted by Crippen LogP contribution is 2.41. The van der Waals surface area contributed by atoms with Crippen LogP contribution in [0.1, 0.15) is 34.9 Å². The highest BCUT2D eigenvalue weighted by molar-refractivity contribution is 5.94. The van der Waals surface area contributed by atoms with Gasteiger partial charge in [-0.15, -0.1) is 0 Å². The van der Waals surface area contributed by atoms with Gasteiger partial charge in [-0.25, -0.2) is 9.67 Å². The maximum absolute atomic E-state index is 12.4. The third kappa shape index (κ3) is 3.18. The van der Waals surface area contributed by atoms with Gasteiger partial charge in [-0.1, -0.05) is 0 Å². The molecule has 1 aliphatic heterocycles. The summed E-state index contributed by atoms with van der Waals surface area (Å²) in [5.74, 6) is 2.14. The highest BCUT2D eigenvalue weighted by Gasteiger charge is 2.32. The van der Waals surface area contributed by atoms with Gasteiger partial charge in [-0.2, -0.15) is 5.10 Å². The summed E-state index contributed by atoms with van der Waals surface area (Å²) in [5.41, 5.74) is 3.61. The Morgan fingerprint density at radius 2 is 1.97 bits per heavy atom. The Hall–Kier alpha value is -3.49. The van der Waals surface area contributed by atoms with Gasteiger partial charge in [0.15, 0.2) is 11.5 Å². The molecule has 0 bridgehead atoms. The smallest absolute Gasteiger partial charge is 0.226 e. The number of aromatic nitrogens is 4. The number of aryl methyl sites for hydroxylation is 1. The molecule has 152 valence electrons. The summed E-state index contributed by atoms with van der Waals surface area (Å²) in [6.45, 7) is 2.35. The van der Waals surface area contributed by atoms with Crippen LogP contribution in [-0.2, 0) is 11.3 Å². The van der Waals surface area contributed by atoms with Crippen molar-refractivity contribution in [3.8, 4) is 17.2 Å². The van der Waals surface area contributed by atoms with E-state index in [-0.39, 0.29) is 11.8 Å². The van der Waals surface area contributed by atoms with E-state index in [1.54, 1.807) is 38.5 Å². The minimum absolute atomic E-state index is 0.0640. The van der Waals surface area contributed by atoms with Crippen molar-refractivity contribution < 1.29 is 19.0 Å². The van der Waals surface area contributed by atoms with Gasteiger partial charge in [0.25, 0.3) is 0 Å². The first kappa shape index (κ1) is 18.9. The number of carbonyl (C=O) groups excluding carboxylic acids is 1. The molecule has 29 heavy (non-hydrogen) atoms. The van der Waals surface area contributed by atoms with Crippen molar-refractivity contribution in [2.24, 2.45) is 0 Å². The molecule has 3 heterocycles. The SMILES string of the molecule is COc1ccc(Cn2ncc3c2NC(=O)C[C@@H]3c2nc[nH]c2C)c(OC)c1OC. The summed E-state index contributed by atoms with van der Waals surface area (Å²) >= 11 is 0. The normalized spacial score (nSPS) is 15.6. The van der Waals surface area contributed by atoms with Crippen molar-refractivity contribution in [1.82, 2.24) is 19.7 Å². The summed E-state index contributed by atoms with van der Waals surface area (Å²) in [5, 5.41) is 7.48. The maximum Gasteiger partial charge on any atom is 0.226 e. The largest absolute Gasteiger partial charge is 0.493 e. The Kier molecular flexibility index (Phi) is 4.87. The fourth-order valence-corrected chi connectivity index (χ4v) is 3.80. The van der Waals surface area contributed by atoms with Gasteiger partial charge in [0, 0.05) is 29.2 Å². The molecule has 9 nitrogen and oxygen atoms in total. The highest BCUT2D eigenvalue weighted by atomic mass is 16.5. The Morgan fingerprint density at radius 3 is 2.62 bits per heavy atom. The van der Waals surface area contributed by atoms with E-state index >= 15 is 0 Å². The Balaban J connectivity index is 1.73. The lowest BCUT2D eigenvalue weighted by molar-refractivity contribution is -0.116. The van der Waals surface area contributed by atoms with Gasteiger partial charge in [0.05, 0.1) is 46.1 Å². The number of benzene rings is 1. The molecule has 2 aromatic heterocycles. The van der Waals surface area contributed by atoms with Crippen molar-refractivity contribution >= 4 is 11.7 Å². The minimum atomic E-state index is -0.133. The number of rotatable bonds is 6. The summed E-state index contributed by atoms with van der Waals surface area (Å²) in [6.07, 6.45) is 3.78. The van der Waals surface area contributed by atoms with Gasteiger partial charge in [0.2, 0.25) is 11.7 Å². The third-order valence-electron chi connectivity index (χ3n) is 5.20. The first-order valence-corrected chi connectivity index (χ1v) is 9.20. The van der Waals surface area contributed by atoms with Crippen LogP contribution in [0.2, 0.25) is 0 Å². The standard InChI is InChI=1S/C20H23N5O4/c1-11-17(22-10-21-11)13-7-16(26)24-20-14(13)8-23-25(20)9-12-5-6-15(27-2)19(29-4)18(12)28-3/h5-6,8,10,13H,7,9H2,1-4H3,(H,21,22)(H,24,26)/t13-/m0/s1. The molecule has 1 atom stereocenters. The molecule has 4 rings (SSSR count). The fourth-order valence-electron chi connectivity index (χ4n) is 3.80. The number of methoxy groups -OCH3 is 3. The van der Waals surface area contributed by atoms with Crippen molar-refractivity contribution in [2.45, 2.75) is 25.8 Å². The first-order chi connectivity index (χ1) is 14.1. The number of nitrogens with zero attached hydrogens (tertiary/aromatic N) is 3. The number of imidazole rings is 1. The van der Waals surface area contributed by atoms with Gasteiger partial charge in [-0.05, 0) is 19.1 Å². The molecular formula is C20H23N5O4. The molecular weight excluding hydrogens is 374 g/mol. The second kappa shape index (κ2) is 7.50. The summed E-state index contributed by atoms with van der Waals surface area (Å²) in [4.78, 5) is 19.9. The van der Waals surface area contributed by atoms with E-state index in [9.17, 15) is 4.79 Å². The zero-order chi connectivity index (χ0) is 20.5. The Labute approximate surface area is 168 Å². The number of amides is 1. The monoisotopic (exact) mass is 397 g/mol. The number of ether oxygens (including phenoxy) is 3. The predicted molar refractivity (Wildman–Crippen MR) is 106 cm³/mol. The molecule has 0 saturated heterocycles. The summed E-state index contributed by atoms with van der Waals surface area (Å²) in [7, 11) is 4.72. The number of hydrogen-bond acceptors (Lipinski definition) is 6. The number of anilines is 1. The molecule has 1 aliphatic rings. The molecule has 0 unspecified atom stereocenters. The van der Waals surface area contributed by atoms with E-state index in [2.05, 4.69) is 20.4 Å². The zero-order valence-corrected chi connectivity index (χ0v) is 16.8. The van der Waals surface area contributed by atoms with Crippen LogP contribution in [0.3, 0.4) is 0 Å². The second-order valence-corrected chi connectivity index (χ2v) is 6.82. The Bertz CT molecular complexity index is 1060. The molecule has 0 spiro atoms. The Morgan fingerprint density at radius 1 is 1.17 bits per heavy atom. The van der Waals surface area contributed by atoms with E-state index in [1.807, 2.05) is 19.1 Å². The average molecular weight is 397 g/mol. The number of nitrogens with one attached hydrogen (secondary N) is 2. The summed E-state index contributed by atoms with van der Waals surface area (Å²) in [6, 6.07) is 3.72. The molecule has 1 aromatic carbocycles. The van der Waals surface area contributed by atoms with Crippen LogP contribution in [-0.4, -0.2) is 47.0 Å². The second-order valence-electron chi connectivity index (χ2n) is 6.82. The van der Waals surface area contributed by atoms with E-state index < -0.39 is 0 Å². The number of aromatic amines is 1. The molecule has 1 amide bonds. The predicted octanol–water partition coefficient (Wildman–Crippen LogP) is 2.46. The summed E-state index contributed by atoms with van der Waals surface area (Å²) < 4.78 is 18.1. The molecule has 0 fully saturated rings. The van der Waals surface area contributed by atoms with Crippen LogP contribution in [0.5, 0.6) is 17.2 Å². The lowest BCUT2D eigenvalue weighted by Crippen LogP contribution is -2.25. The van der Waals surface area contributed by atoms with Crippen LogP contribution in [0.25, 0.3) is 0 Å². The third-order valence-corrected chi connectivity index (χ3v) is 5.20. The van der Waals surface area contributed by atoms with Crippen molar-refractivity contribution in [3.05, 3.63) is 47.2 Å². The van der Waals surface area contributed by atoms with Gasteiger partial charge in [-0.3, -0.25) is 4.79 Å². The molecule has 9 heteroatoms. The fraction of sp³-hybridized carbons (Fsp3) is 0.350. The number of carbonyl (C=O) groups is 1. The quantitative estimate of drug-likeness (QED) is 0.662. The van der Waals surface area contributed by atoms with Gasteiger partial charge in [0.1, 0.15) is 5.82 Å². The van der Waals surface area contributed by atoms with Gasteiger partial charge < -0.3 is 24.5 Å².